The van der Waals surface area contributed by atoms with Gasteiger partial charge in [-0.3, -0.25) is 0 Å². The van der Waals surface area contributed by atoms with Crippen LogP contribution in [0, 0.1) is 0 Å². The molecular formula is C11H17BO2. The molecule has 1 N–H and O–H groups in total. The quantitative estimate of drug-likeness (QED) is 0.742. The molecule has 0 aliphatic carbocycles. The molecule has 0 unspecified atom stereocenters. The molecule has 0 aliphatic heterocycles. The summed E-state index contributed by atoms with van der Waals surface area (Å²) in [5.41, 5.74) is 0.790. The third-order valence-corrected chi connectivity index (χ3v) is 1.74. The molecular weight excluding hydrogens is 175 g/mol. The molecule has 0 aromatic heterocycles. The van der Waals surface area contributed by atoms with E-state index >= 15 is 0 Å². The second kappa shape index (κ2) is 4.62. The Kier molecular flexibility index (Phi) is 3.73. The molecule has 0 saturated heterocycles. The first-order chi connectivity index (χ1) is 6.47. The van der Waals surface area contributed by atoms with Crippen molar-refractivity contribution >= 4 is 7.12 Å². The van der Waals surface area contributed by atoms with E-state index in [-0.39, 0.29) is 5.60 Å². The van der Waals surface area contributed by atoms with Crippen molar-refractivity contribution in [1.82, 2.24) is 0 Å². The molecule has 0 aliphatic rings. The van der Waals surface area contributed by atoms with Gasteiger partial charge in [-0.2, -0.15) is 0 Å². The maximum absolute atomic E-state index is 9.62. The lowest BCUT2D eigenvalue weighted by Gasteiger charge is -2.22. The van der Waals surface area contributed by atoms with Crippen LogP contribution in [0.1, 0.15) is 26.3 Å². The summed E-state index contributed by atoms with van der Waals surface area (Å²) < 4.78 is 5.40. The van der Waals surface area contributed by atoms with E-state index in [0.29, 0.717) is 6.32 Å². The molecule has 0 fully saturated rings. The van der Waals surface area contributed by atoms with Gasteiger partial charge < -0.3 is 9.68 Å². The van der Waals surface area contributed by atoms with Gasteiger partial charge in [-0.1, -0.05) is 35.9 Å². The minimum Gasteiger partial charge on any atom is -0.427 e. The molecule has 0 atom stereocenters. The highest BCUT2D eigenvalue weighted by Crippen LogP contribution is 2.10. The van der Waals surface area contributed by atoms with Crippen molar-refractivity contribution in [3.8, 4) is 0 Å². The highest BCUT2D eigenvalue weighted by Gasteiger charge is 2.21. The minimum atomic E-state index is -0.725. The van der Waals surface area contributed by atoms with Gasteiger partial charge in [0.2, 0.25) is 0 Å². The topological polar surface area (TPSA) is 29.5 Å². The predicted molar refractivity (Wildman–Crippen MR) is 59.0 cm³/mol. The summed E-state index contributed by atoms with van der Waals surface area (Å²) in [6, 6.07) is 9.84. The van der Waals surface area contributed by atoms with Gasteiger partial charge >= 0.3 is 7.12 Å². The first-order valence-corrected chi connectivity index (χ1v) is 4.87. The van der Waals surface area contributed by atoms with Gasteiger partial charge in [-0.05, 0) is 20.8 Å². The Morgan fingerprint density at radius 1 is 1.21 bits per heavy atom. The van der Waals surface area contributed by atoms with Crippen LogP contribution >= 0.6 is 0 Å². The van der Waals surface area contributed by atoms with Gasteiger partial charge in [0.25, 0.3) is 0 Å². The number of hydrogen-bond acceptors (Lipinski definition) is 2. The zero-order valence-corrected chi connectivity index (χ0v) is 9.03. The van der Waals surface area contributed by atoms with E-state index in [1.54, 1.807) is 0 Å². The molecule has 1 rings (SSSR count). The Morgan fingerprint density at radius 3 is 2.29 bits per heavy atom. The van der Waals surface area contributed by atoms with Crippen molar-refractivity contribution in [2.45, 2.75) is 32.7 Å². The Labute approximate surface area is 86.1 Å². The lowest BCUT2D eigenvalue weighted by atomic mass is 9.80. The molecule has 1 aromatic carbocycles. The highest BCUT2D eigenvalue weighted by atomic mass is 16.5. The summed E-state index contributed by atoms with van der Waals surface area (Å²) in [4.78, 5) is 0. The van der Waals surface area contributed by atoms with E-state index in [4.69, 9.17) is 4.65 Å². The number of rotatable bonds is 3. The van der Waals surface area contributed by atoms with Crippen LogP contribution in [0.2, 0.25) is 0 Å². The van der Waals surface area contributed by atoms with Crippen LogP contribution in [0.15, 0.2) is 30.3 Å². The first kappa shape index (κ1) is 11.3. The summed E-state index contributed by atoms with van der Waals surface area (Å²) in [6.07, 6.45) is 0.540. The number of benzene rings is 1. The molecule has 1 aromatic rings. The molecule has 14 heavy (non-hydrogen) atoms. The third kappa shape index (κ3) is 4.44. The zero-order valence-electron chi connectivity index (χ0n) is 9.03. The van der Waals surface area contributed by atoms with E-state index in [0.717, 1.165) is 5.56 Å². The van der Waals surface area contributed by atoms with Crippen molar-refractivity contribution in [3.63, 3.8) is 0 Å². The fraction of sp³-hybridized carbons (Fsp3) is 0.455. The van der Waals surface area contributed by atoms with Crippen molar-refractivity contribution < 1.29 is 9.68 Å². The fourth-order valence-electron chi connectivity index (χ4n) is 1.27. The van der Waals surface area contributed by atoms with Gasteiger partial charge in [0, 0.05) is 11.9 Å². The summed E-state index contributed by atoms with van der Waals surface area (Å²) in [6.45, 7) is 5.80. The average molecular weight is 192 g/mol. The smallest absolute Gasteiger partial charge is 0.427 e. The maximum atomic E-state index is 9.62. The van der Waals surface area contributed by atoms with Crippen LogP contribution in [0.5, 0.6) is 0 Å². The second-order valence-corrected chi connectivity index (χ2v) is 4.37. The molecule has 0 radical (unpaired) electrons. The van der Waals surface area contributed by atoms with E-state index in [2.05, 4.69) is 0 Å². The molecule has 3 heteroatoms. The normalized spacial score (nSPS) is 11.4. The molecule has 0 heterocycles. The zero-order chi connectivity index (χ0) is 10.6. The lowest BCUT2D eigenvalue weighted by Crippen LogP contribution is -2.32. The van der Waals surface area contributed by atoms with Gasteiger partial charge in [-0.15, -0.1) is 0 Å². The first-order valence-electron chi connectivity index (χ1n) is 4.87. The molecule has 0 bridgehead atoms. The van der Waals surface area contributed by atoms with Crippen molar-refractivity contribution in [2.24, 2.45) is 0 Å². The molecule has 0 saturated carbocycles. The monoisotopic (exact) mass is 192 g/mol. The van der Waals surface area contributed by atoms with Crippen molar-refractivity contribution in [2.75, 3.05) is 0 Å². The second-order valence-electron chi connectivity index (χ2n) is 4.37. The van der Waals surface area contributed by atoms with Crippen LogP contribution < -0.4 is 0 Å². The van der Waals surface area contributed by atoms with Crippen molar-refractivity contribution in [1.29, 1.82) is 0 Å². The van der Waals surface area contributed by atoms with Crippen LogP contribution in [-0.4, -0.2) is 17.7 Å². The van der Waals surface area contributed by atoms with Crippen LogP contribution in [0.4, 0.5) is 0 Å². The largest absolute Gasteiger partial charge is 0.459 e. The van der Waals surface area contributed by atoms with Gasteiger partial charge in [0.1, 0.15) is 0 Å². The maximum Gasteiger partial charge on any atom is 0.459 e. The molecule has 0 spiro atoms. The summed E-state index contributed by atoms with van der Waals surface area (Å²) in [5.74, 6) is 0. The van der Waals surface area contributed by atoms with Gasteiger partial charge in [0.15, 0.2) is 0 Å². The van der Waals surface area contributed by atoms with Gasteiger partial charge in [-0.25, -0.2) is 0 Å². The van der Waals surface area contributed by atoms with E-state index in [1.807, 2.05) is 51.1 Å². The van der Waals surface area contributed by atoms with E-state index in [1.165, 1.54) is 0 Å². The van der Waals surface area contributed by atoms with Crippen LogP contribution in [0.3, 0.4) is 0 Å². The summed E-state index contributed by atoms with van der Waals surface area (Å²) >= 11 is 0. The summed E-state index contributed by atoms with van der Waals surface area (Å²) in [7, 11) is -0.725. The highest BCUT2D eigenvalue weighted by molar-refractivity contribution is 6.42. The molecule has 76 valence electrons. The van der Waals surface area contributed by atoms with Gasteiger partial charge in [0.05, 0.1) is 0 Å². The SMILES string of the molecule is CC(C)(C)OB(O)Cc1ccccc1. The Hall–Kier alpha value is -0.795. The third-order valence-electron chi connectivity index (χ3n) is 1.74. The van der Waals surface area contributed by atoms with Crippen LogP contribution in [-0.2, 0) is 11.0 Å². The Bertz CT molecular complexity index is 266. The Balaban J connectivity index is 2.46. The minimum absolute atomic E-state index is 0.297. The lowest BCUT2D eigenvalue weighted by molar-refractivity contribution is 0.100. The Morgan fingerprint density at radius 2 is 1.79 bits per heavy atom. The number of hydrogen-bond donors (Lipinski definition) is 1. The molecule has 0 amide bonds. The van der Waals surface area contributed by atoms with E-state index in [9.17, 15) is 5.02 Å². The summed E-state index contributed by atoms with van der Waals surface area (Å²) in [5, 5.41) is 9.62. The van der Waals surface area contributed by atoms with Crippen molar-refractivity contribution in [3.05, 3.63) is 35.9 Å². The van der Waals surface area contributed by atoms with E-state index < -0.39 is 7.12 Å². The fourth-order valence-corrected chi connectivity index (χ4v) is 1.27. The predicted octanol–water partition coefficient (Wildman–Crippen LogP) is 2.06. The average Bonchev–Trinajstić information content (AvgIpc) is 2.02. The molecule has 2 nitrogen and oxygen atoms in total. The van der Waals surface area contributed by atoms with Crippen LogP contribution in [0.25, 0.3) is 0 Å². The standard InChI is InChI=1S/C11H17BO2/c1-11(2,3)14-12(13)9-10-7-5-4-6-8-10/h4-8,13H,9H2,1-3H3.